The third-order valence-corrected chi connectivity index (χ3v) is 8.90. The summed E-state index contributed by atoms with van der Waals surface area (Å²) in [6.07, 6.45) is 8.42. The third-order valence-electron chi connectivity index (χ3n) is 8.90. The molecule has 1 aliphatic heterocycles. The first-order chi connectivity index (χ1) is 10.4. The minimum absolute atomic E-state index is 0.0744. The Kier molecular flexibility index (Phi) is 2.52. The summed E-state index contributed by atoms with van der Waals surface area (Å²) >= 11 is 0. The van der Waals surface area contributed by atoms with Crippen molar-refractivity contribution in [2.24, 2.45) is 28.6 Å². The van der Waals surface area contributed by atoms with Gasteiger partial charge in [0.15, 0.2) is 5.78 Å². The van der Waals surface area contributed by atoms with Crippen molar-refractivity contribution in [3.8, 4) is 0 Å². The molecule has 8 atom stereocenters. The van der Waals surface area contributed by atoms with Crippen LogP contribution >= 0.6 is 0 Å². The van der Waals surface area contributed by atoms with Crippen LogP contribution in [-0.4, -0.2) is 28.7 Å². The summed E-state index contributed by atoms with van der Waals surface area (Å²) in [6, 6.07) is 0. The molecule has 0 aromatic heterocycles. The van der Waals surface area contributed by atoms with Gasteiger partial charge in [0.1, 0.15) is 11.7 Å². The van der Waals surface area contributed by atoms with Crippen LogP contribution in [0.4, 0.5) is 0 Å². The van der Waals surface area contributed by atoms with Crippen molar-refractivity contribution in [2.75, 3.05) is 0 Å². The number of carbonyl (C=O) groups excluding carboxylic acids is 1. The summed E-state index contributed by atoms with van der Waals surface area (Å²) in [6.45, 7) is 4.75. The van der Waals surface area contributed by atoms with Crippen molar-refractivity contribution in [1.29, 1.82) is 0 Å². The molecule has 0 aromatic carbocycles. The summed E-state index contributed by atoms with van der Waals surface area (Å²) in [5, 5.41) is 10.5. The summed E-state index contributed by atoms with van der Waals surface area (Å²) in [4.78, 5) is 12.1. The molecule has 22 heavy (non-hydrogen) atoms. The second kappa shape index (κ2) is 3.97. The van der Waals surface area contributed by atoms with Crippen LogP contribution in [0.15, 0.2) is 0 Å². The van der Waals surface area contributed by atoms with E-state index in [1.54, 1.807) is 0 Å². The van der Waals surface area contributed by atoms with Gasteiger partial charge in [0.25, 0.3) is 0 Å². The highest BCUT2D eigenvalue weighted by molar-refractivity contribution is 5.88. The molecule has 1 N–H and O–H groups in total. The summed E-state index contributed by atoms with van der Waals surface area (Å²) in [5.41, 5.74) is 0.244. The fourth-order valence-electron chi connectivity index (χ4n) is 7.47. The smallest absolute Gasteiger partial charge is 0.164 e. The van der Waals surface area contributed by atoms with E-state index in [1.807, 2.05) is 0 Å². The maximum absolute atomic E-state index is 12.1. The van der Waals surface area contributed by atoms with Crippen LogP contribution in [-0.2, 0) is 9.53 Å². The van der Waals surface area contributed by atoms with E-state index in [0.29, 0.717) is 17.6 Å². The molecule has 5 fully saturated rings. The van der Waals surface area contributed by atoms with Gasteiger partial charge in [-0.15, -0.1) is 0 Å². The van der Waals surface area contributed by atoms with Crippen LogP contribution in [0, 0.1) is 28.6 Å². The maximum Gasteiger partial charge on any atom is 0.164 e. The van der Waals surface area contributed by atoms with E-state index in [-0.39, 0.29) is 28.6 Å². The van der Waals surface area contributed by atoms with Gasteiger partial charge in [-0.2, -0.15) is 0 Å². The average Bonchev–Trinajstić information content (AvgIpc) is 3.17. The molecular formula is C19H28O3. The number of epoxide rings is 1. The van der Waals surface area contributed by atoms with E-state index in [2.05, 4.69) is 13.8 Å². The van der Waals surface area contributed by atoms with Gasteiger partial charge in [0.05, 0.1) is 6.10 Å². The van der Waals surface area contributed by atoms with Crippen molar-refractivity contribution < 1.29 is 14.6 Å². The second-order valence-corrected chi connectivity index (χ2v) is 9.32. The van der Waals surface area contributed by atoms with Crippen LogP contribution in [0.1, 0.15) is 65.2 Å². The normalized spacial score (nSPS) is 62.7. The Morgan fingerprint density at radius 2 is 1.86 bits per heavy atom. The van der Waals surface area contributed by atoms with Gasteiger partial charge in [-0.25, -0.2) is 0 Å². The minimum Gasteiger partial charge on any atom is -0.393 e. The predicted octanol–water partition coefficient (Wildman–Crippen LogP) is 3.09. The molecule has 5 aliphatic rings. The number of aliphatic hydroxyl groups is 1. The van der Waals surface area contributed by atoms with Crippen LogP contribution < -0.4 is 0 Å². The monoisotopic (exact) mass is 304 g/mol. The Morgan fingerprint density at radius 3 is 2.68 bits per heavy atom. The summed E-state index contributed by atoms with van der Waals surface area (Å²) in [7, 11) is 0. The Hall–Kier alpha value is -0.410. The lowest BCUT2D eigenvalue weighted by atomic mass is 9.45. The van der Waals surface area contributed by atoms with Crippen molar-refractivity contribution in [1.82, 2.24) is 0 Å². The Morgan fingerprint density at radius 1 is 1.05 bits per heavy atom. The van der Waals surface area contributed by atoms with Gasteiger partial charge in [-0.3, -0.25) is 4.79 Å². The Balaban J connectivity index is 1.51. The third kappa shape index (κ3) is 1.36. The molecule has 4 aliphatic carbocycles. The van der Waals surface area contributed by atoms with E-state index in [9.17, 15) is 9.90 Å². The number of fused-ring (bicyclic) bond motifs is 4. The highest BCUT2D eigenvalue weighted by Crippen LogP contribution is 2.72. The number of ether oxygens (including phenoxy) is 1. The van der Waals surface area contributed by atoms with Crippen LogP contribution in [0.3, 0.4) is 0 Å². The fraction of sp³-hybridized carbons (Fsp3) is 0.947. The maximum atomic E-state index is 12.1. The van der Waals surface area contributed by atoms with Crippen molar-refractivity contribution in [2.45, 2.75) is 83.0 Å². The number of hydrogen-bond donors (Lipinski definition) is 1. The van der Waals surface area contributed by atoms with Crippen molar-refractivity contribution in [3.05, 3.63) is 0 Å². The fourth-order valence-corrected chi connectivity index (χ4v) is 7.47. The second-order valence-electron chi connectivity index (χ2n) is 9.32. The molecule has 0 bridgehead atoms. The van der Waals surface area contributed by atoms with E-state index >= 15 is 0 Å². The van der Waals surface area contributed by atoms with Gasteiger partial charge in [-0.1, -0.05) is 13.8 Å². The molecule has 0 aromatic rings. The van der Waals surface area contributed by atoms with E-state index in [1.165, 1.54) is 19.3 Å². The largest absolute Gasteiger partial charge is 0.393 e. The highest BCUT2D eigenvalue weighted by atomic mass is 16.6. The SMILES string of the molecule is CC12CCC3C(CC[C@]45O[C@H]4C(=O)CCC35C)C1CCC2O. The quantitative estimate of drug-likeness (QED) is 0.700. The summed E-state index contributed by atoms with van der Waals surface area (Å²) in [5.74, 6) is 2.48. The zero-order chi connectivity index (χ0) is 15.3. The molecule has 4 saturated carbocycles. The van der Waals surface area contributed by atoms with Gasteiger partial charge in [0, 0.05) is 11.8 Å². The van der Waals surface area contributed by atoms with Crippen molar-refractivity contribution in [3.63, 3.8) is 0 Å². The molecule has 3 nitrogen and oxygen atoms in total. The molecular weight excluding hydrogens is 276 g/mol. The van der Waals surface area contributed by atoms with E-state index in [0.717, 1.165) is 38.0 Å². The molecule has 0 radical (unpaired) electrons. The molecule has 1 heterocycles. The molecule has 3 heteroatoms. The zero-order valence-electron chi connectivity index (χ0n) is 13.8. The van der Waals surface area contributed by atoms with Crippen LogP contribution in [0.2, 0.25) is 0 Å². The number of ketones is 1. The molecule has 1 spiro atoms. The highest BCUT2D eigenvalue weighted by Gasteiger charge is 2.76. The first-order valence-electron chi connectivity index (χ1n) is 9.31. The topological polar surface area (TPSA) is 49.8 Å². The van der Waals surface area contributed by atoms with Crippen molar-refractivity contribution >= 4 is 5.78 Å². The van der Waals surface area contributed by atoms with Gasteiger partial charge in [0.2, 0.25) is 0 Å². The van der Waals surface area contributed by atoms with E-state index < -0.39 is 0 Å². The predicted molar refractivity (Wildman–Crippen MR) is 82.2 cm³/mol. The number of aliphatic hydroxyl groups excluding tert-OH is 1. The lowest BCUT2D eigenvalue weighted by Crippen LogP contribution is -2.58. The van der Waals surface area contributed by atoms with Gasteiger partial charge in [-0.05, 0) is 68.1 Å². The molecule has 1 saturated heterocycles. The lowest BCUT2D eigenvalue weighted by Gasteiger charge is -2.59. The number of carbonyl (C=O) groups is 1. The average molecular weight is 304 g/mol. The first kappa shape index (κ1) is 14.0. The van der Waals surface area contributed by atoms with Gasteiger partial charge < -0.3 is 9.84 Å². The Bertz CT molecular complexity index is 545. The molecule has 122 valence electrons. The number of Topliss-reactive ketones (excluding diaryl/α,β-unsaturated/α-hetero) is 1. The zero-order valence-corrected chi connectivity index (χ0v) is 13.8. The Labute approximate surface area is 132 Å². The number of hydrogen-bond acceptors (Lipinski definition) is 3. The molecule has 5 rings (SSSR count). The van der Waals surface area contributed by atoms with Crippen LogP contribution in [0.25, 0.3) is 0 Å². The molecule has 0 amide bonds. The van der Waals surface area contributed by atoms with Crippen LogP contribution in [0.5, 0.6) is 0 Å². The minimum atomic E-state index is -0.103. The number of rotatable bonds is 0. The standard InChI is InChI=1S/C19H28O3/c1-17-8-6-13-11(12(17)3-4-15(17)21)5-10-19-16(22-19)14(20)7-9-18(13,19)2/h11-13,15-16,21H,3-10H2,1-2H3/t11?,12?,13?,15?,16-,17?,18?,19-/m0/s1. The van der Waals surface area contributed by atoms with Gasteiger partial charge >= 0.3 is 0 Å². The van der Waals surface area contributed by atoms with E-state index in [4.69, 9.17) is 4.74 Å². The first-order valence-corrected chi connectivity index (χ1v) is 9.31. The summed E-state index contributed by atoms with van der Waals surface area (Å²) < 4.78 is 6.09. The molecule has 6 unspecified atom stereocenters. The lowest BCUT2D eigenvalue weighted by molar-refractivity contribution is -0.133.